The Hall–Kier alpha value is -4.10. The average Bonchev–Trinajstić information content (AvgIpc) is 3.23. The van der Waals surface area contributed by atoms with Crippen molar-refractivity contribution in [1.29, 1.82) is 0 Å². The lowest BCUT2D eigenvalue weighted by Crippen LogP contribution is -2.13. The van der Waals surface area contributed by atoms with Crippen LogP contribution >= 0.6 is 11.6 Å². The van der Waals surface area contributed by atoms with Crippen LogP contribution in [0.1, 0.15) is 16.1 Å². The van der Waals surface area contributed by atoms with E-state index in [1.54, 1.807) is 0 Å². The lowest BCUT2D eigenvalue weighted by Gasteiger charge is -2.17. The Morgan fingerprint density at radius 1 is 1.06 bits per heavy atom. The van der Waals surface area contributed by atoms with Gasteiger partial charge in [0.2, 0.25) is 5.95 Å². The lowest BCUT2D eigenvalue weighted by atomic mass is 9.98. The number of hydrogen-bond acceptors (Lipinski definition) is 6. The zero-order chi connectivity index (χ0) is 22.9. The molecule has 2 aromatic heterocycles. The van der Waals surface area contributed by atoms with Gasteiger partial charge in [0.15, 0.2) is 17.1 Å². The van der Waals surface area contributed by atoms with Gasteiger partial charge in [-0.2, -0.15) is 9.50 Å². The molecular formula is C25H19ClN4O3. The molecule has 164 valence electrons. The third-order valence-electron chi connectivity index (χ3n) is 5.32. The Labute approximate surface area is 194 Å². The van der Waals surface area contributed by atoms with Gasteiger partial charge < -0.3 is 15.2 Å². The maximum atomic E-state index is 12.9. The predicted octanol–water partition coefficient (Wildman–Crippen LogP) is 5.15. The van der Waals surface area contributed by atoms with Crippen LogP contribution in [-0.2, 0) is 11.3 Å². The van der Waals surface area contributed by atoms with E-state index in [1.807, 2.05) is 72.8 Å². The largest absolute Gasteiger partial charge is 0.486 e. The number of anilines is 1. The molecule has 3 aromatic carbocycles. The molecule has 0 atom stereocenters. The SMILES string of the molecule is COC(=O)c1c(OCc2ccccc2)c2cccc(-c3cccc(Cl)c3)c2c2nc(N)nn12. The van der Waals surface area contributed by atoms with Crippen molar-refractivity contribution in [3.05, 3.63) is 89.1 Å². The van der Waals surface area contributed by atoms with E-state index in [-0.39, 0.29) is 18.2 Å². The van der Waals surface area contributed by atoms with Gasteiger partial charge in [0.05, 0.1) is 7.11 Å². The number of benzene rings is 3. The van der Waals surface area contributed by atoms with Gasteiger partial charge in [-0.15, -0.1) is 5.10 Å². The van der Waals surface area contributed by atoms with E-state index < -0.39 is 5.97 Å². The fourth-order valence-electron chi connectivity index (χ4n) is 3.90. The third kappa shape index (κ3) is 3.72. The Morgan fingerprint density at radius 2 is 1.85 bits per heavy atom. The summed E-state index contributed by atoms with van der Waals surface area (Å²) in [4.78, 5) is 17.3. The number of nitrogens with zero attached hydrogens (tertiary/aromatic N) is 3. The van der Waals surface area contributed by atoms with Crippen molar-refractivity contribution in [3.8, 4) is 16.9 Å². The molecule has 2 heterocycles. The van der Waals surface area contributed by atoms with Crippen molar-refractivity contribution in [2.45, 2.75) is 6.61 Å². The van der Waals surface area contributed by atoms with Gasteiger partial charge in [0, 0.05) is 15.8 Å². The number of fused-ring (bicyclic) bond motifs is 3. The van der Waals surface area contributed by atoms with Gasteiger partial charge in [0.25, 0.3) is 0 Å². The van der Waals surface area contributed by atoms with E-state index >= 15 is 0 Å². The van der Waals surface area contributed by atoms with Gasteiger partial charge in [-0.3, -0.25) is 0 Å². The molecule has 8 heteroatoms. The fraction of sp³-hybridized carbons (Fsp3) is 0.0800. The molecule has 0 spiro atoms. The second-order valence-corrected chi connectivity index (χ2v) is 7.82. The maximum Gasteiger partial charge on any atom is 0.360 e. The first-order chi connectivity index (χ1) is 16.1. The summed E-state index contributed by atoms with van der Waals surface area (Å²) in [5.74, 6) is -0.243. The average molecular weight is 459 g/mol. The summed E-state index contributed by atoms with van der Waals surface area (Å²) in [6.45, 7) is 0.247. The number of halogens is 1. The number of methoxy groups -OCH3 is 1. The summed E-state index contributed by atoms with van der Waals surface area (Å²) in [6, 6.07) is 22.9. The van der Waals surface area contributed by atoms with Crippen molar-refractivity contribution < 1.29 is 14.3 Å². The minimum Gasteiger partial charge on any atom is -0.486 e. The first-order valence-corrected chi connectivity index (χ1v) is 10.6. The van der Waals surface area contributed by atoms with Gasteiger partial charge in [-0.05, 0) is 28.8 Å². The monoisotopic (exact) mass is 458 g/mol. The molecule has 0 aliphatic rings. The number of carbonyl (C=O) groups excluding carboxylic acids is 1. The van der Waals surface area contributed by atoms with Crippen LogP contribution in [0.5, 0.6) is 5.75 Å². The third-order valence-corrected chi connectivity index (χ3v) is 5.56. The zero-order valence-corrected chi connectivity index (χ0v) is 18.4. The van der Waals surface area contributed by atoms with Crippen molar-refractivity contribution in [1.82, 2.24) is 14.6 Å². The quantitative estimate of drug-likeness (QED) is 0.366. The molecule has 0 aliphatic carbocycles. The van der Waals surface area contributed by atoms with Crippen molar-refractivity contribution in [2.75, 3.05) is 12.8 Å². The highest BCUT2D eigenvalue weighted by molar-refractivity contribution is 6.31. The number of nitrogens with two attached hydrogens (primary N) is 1. The molecule has 0 unspecified atom stereocenters. The van der Waals surface area contributed by atoms with E-state index in [2.05, 4.69) is 10.1 Å². The van der Waals surface area contributed by atoms with Gasteiger partial charge in [0.1, 0.15) is 6.61 Å². The Kier molecular flexibility index (Phi) is 5.32. The Bertz CT molecular complexity index is 1500. The lowest BCUT2D eigenvalue weighted by molar-refractivity contribution is 0.0585. The Morgan fingerprint density at radius 3 is 2.61 bits per heavy atom. The van der Waals surface area contributed by atoms with Crippen LogP contribution in [0.15, 0.2) is 72.8 Å². The Balaban J connectivity index is 1.84. The molecule has 0 saturated carbocycles. The van der Waals surface area contributed by atoms with E-state index in [0.29, 0.717) is 21.8 Å². The van der Waals surface area contributed by atoms with Gasteiger partial charge in [-0.25, -0.2) is 4.79 Å². The van der Waals surface area contributed by atoms with E-state index in [9.17, 15) is 4.79 Å². The van der Waals surface area contributed by atoms with Crippen LogP contribution in [0.25, 0.3) is 27.5 Å². The van der Waals surface area contributed by atoms with Crippen LogP contribution in [0.2, 0.25) is 5.02 Å². The molecule has 0 aliphatic heterocycles. The van der Waals surface area contributed by atoms with Crippen LogP contribution in [-0.4, -0.2) is 27.7 Å². The van der Waals surface area contributed by atoms with Crippen molar-refractivity contribution >= 4 is 39.9 Å². The standard InChI is InChI=1S/C25H19ClN4O3/c1-32-24(31)21-22(33-14-15-7-3-2-4-8-15)19-12-6-11-18(16-9-5-10-17(26)13-16)20(19)23-28-25(27)29-30(21)23/h2-13H,14H2,1H3,(H2,27,29). The molecule has 5 aromatic rings. The van der Waals surface area contributed by atoms with Crippen LogP contribution in [0.4, 0.5) is 5.95 Å². The number of rotatable bonds is 5. The summed E-state index contributed by atoms with van der Waals surface area (Å²) in [5, 5.41) is 6.30. The van der Waals surface area contributed by atoms with Crippen LogP contribution < -0.4 is 10.5 Å². The van der Waals surface area contributed by atoms with E-state index in [4.69, 9.17) is 26.8 Å². The number of esters is 1. The van der Waals surface area contributed by atoms with Crippen molar-refractivity contribution in [2.24, 2.45) is 0 Å². The second-order valence-electron chi connectivity index (χ2n) is 7.39. The van der Waals surface area contributed by atoms with Crippen molar-refractivity contribution in [3.63, 3.8) is 0 Å². The number of aromatic nitrogens is 3. The normalized spacial score (nSPS) is 11.1. The highest BCUT2D eigenvalue weighted by Gasteiger charge is 2.26. The highest BCUT2D eigenvalue weighted by atomic mass is 35.5. The topological polar surface area (TPSA) is 91.7 Å². The molecule has 0 radical (unpaired) electrons. The number of carbonyl (C=O) groups is 1. The minimum atomic E-state index is -0.608. The molecule has 2 N–H and O–H groups in total. The summed E-state index contributed by atoms with van der Waals surface area (Å²) in [7, 11) is 1.31. The van der Waals surface area contributed by atoms with Gasteiger partial charge >= 0.3 is 5.97 Å². The van der Waals surface area contributed by atoms with E-state index in [0.717, 1.165) is 22.1 Å². The maximum absolute atomic E-state index is 12.9. The molecule has 0 fully saturated rings. The molecular weight excluding hydrogens is 440 g/mol. The summed E-state index contributed by atoms with van der Waals surface area (Å²) >= 11 is 6.26. The molecule has 0 saturated heterocycles. The number of pyridine rings is 1. The summed E-state index contributed by atoms with van der Waals surface area (Å²) in [6.07, 6.45) is 0. The fourth-order valence-corrected chi connectivity index (χ4v) is 4.09. The van der Waals surface area contributed by atoms with Crippen LogP contribution in [0.3, 0.4) is 0 Å². The molecule has 0 amide bonds. The first-order valence-electron chi connectivity index (χ1n) is 10.2. The number of hydrogen-bond donors (Lipinski definition) is 1. The van der Waals surface area contributed by atoms with E-state index in [1.165, 1.54) is 11.6 Å². The first kappa shape index (κ1) is 20.8. The second kappa shape index (κ2) is 8.44. The minimum absolute atomic E-state index is 0.0301. The smallest absolute Gasteiger partial charge is 0.360 e. The number of ether oxygens (including phenoxy) is 2. The van der Waals surface area contributed by atoms with Crippen LogP contribution in [0, 0.1) is 0 Å². The predicted molar refractivity (Wildman–Crippen MR) is 127 cm³/mol. The summed E-state index contributed by atoms with van der Waals surface area (Å²) < 4.78 is 12.7. The molecule has 5 rings (SSSR count). The zero-order valence-electron chi connectivity index (χ0n) is 17.7. The molecule has 0 bridgehead atoms. The van der Waals surface area contributed by atoms with Gasteiger partial charge in [-0.1, -0.05) is 72.3 Å². The molecule has 33 heavy (non-hydrogen) atoms. The summed E-state index contributed by atoms with van der Waals surface area (Å²) in [5.41, 5.74) is 9.19. The molecule has 7 nitrogen and oxygen atoms in total. The number of nitrogen functional groups attached to an aromatic ring is 1. The highest BCUT2D eigenvalue weighted by Crippen LogP contribution is 2.39.